The summed E-state index contributed by atoms with van der Waals surface area (Å²) in [6, 6.07) is 13.5. The summed E-state index contributed by atoms with van der Waals surface area (Å²) in [6.07, 6.45) is -1.08. The zero-order valence-corrected chi connectivity index (χ0v) is 14.3. The van der Waals surface area contributed by atoms with Gasteiger partial charge in [0.1, 0.15) is 17.5 Å². The number of aromatic nitrogens is 1. The lowest BCUT2D eigenvalue weighted by Crippen LogP contribution is -2.38. The van der Waals surface area contributed by atoms with E-state index in [4.69, 9.17) is 9.47 Å². The number of aliphatic hydroxyl groups is 1. The molecule has 0 aliphatic carbocycles. The van der Waals surface area contributed by atoms with Gasteiger partial charge in [0.2, 0.25) is 6.29 Å². The Kier molecular flexibility index (Phi) is 4.85. The third kappa shape index (κ3) is 4.12. The molecule has 2 aromatic rings. The number of hydrogen-bond acceptors (Lipinski definition) is 5. The fourth-order valence-corrected chi connectivity index (χ4v) is 2.49. The largest absolute Gasteiger partial charge is 0.459 e. The van der Waals surface area contributed by atoms with Gasteiger partial charge >= 0.3 is 0 Å². The molecule has 0 radical (unpaired) electrons. The Balaban J connectivity index is 1.70. The lowest BCUT2D eigenvalue weighted by molar-refractivity contribution is -0.113. The van der Waals surface area contributed by atoms with E-state index in [0.29, 0.717) is 24.6 Å². The van der Waals surface area contributed by atoms with Crippen LogP contribution in [0.3, 0.4) is 0 Å². The van der Waals surface area contributed by atoms with Crippen LogP contribution in [0.25, 0.3) is 0 Å². The molecule has 2 heterocycles. The number of β-amino-alcohol motifs (C(OH)–C–C–N with tert-alkyl or cyclic N) is 1. The van der Waals surface area contributed by atoms with Crippen molar-refractivity contribution < 1.29 is 14.6 Å². The van der Waals surface area contributed by atoms with Gasteiger partial charge in [-0.2, -0.15) is 0 Å². The van der Waals surface area contributed by atoms with Crippen LogP contribution in [-0.2, 0) is 11.3 Å². The quantitative estimate of drug-likeness (QED) is 0.903. The molecule has 2 atom stereocenters. The minimum Gasteiger partial charge on any atom is -0.459 e. The topological polar surface area (TPSA) is 63.6 Å². The third-order valence-electron chi connectivity index (χ3n) is 3.80. The number of aliphatic hydroxyl groups excluding tert-OH is 1. The van der Waals surface area contributed by atoms with Crippen LogP contribution in [0.1, 0.15) is 50.1 Å². The summed E-state index contributed by atoms with van der Waals surface area (Å²) in [5.74, 6) is 0.704. The molecule has 0 fully saturated rings. The van der Waals surface area contributed by atoms with Crippen molar-refractivity contribution in [2.45, 2.75) is 45.3 Å². The highest BCUT2D eigenvalue weighted by Gasteiger charge is 2.24. The summed E-state index contributed by atoms with van der Waals surface area (Å²) in [4.78, 5) is 4.50. The van der Waals surface area contributed by atoms with Crippen molar-refractivity contribution in [3.63, 3.8) is 0 Å². The summed E-state index contributed by atoms with van der Waals surface area (Å²) in [6.45, 7) is 6.99. The summed E-state index contributed by atoms with van der Waals surface area (Å²) in [5, 5.41) is 13.6. The minimum absolute atomic E-state index is 0.0513. The van der Waals surface area contributed by atoms with Gasteiger partial charge < -0.3 is 19.9 Å². The Morgan fingerprint density at radius 3 is 2.67 bits per heavy atom. The molecule has 2 N–H and O–H groups in total. The zero-order chi connectivity index (χ0) is 17.2. The maximum atomic E-state index is 10.3. The summed E-state index contributed by atoms with van der Waals surface area (Å²) < 4.78 is 11.6. The van der Waals surface area contributed by atoms with Crippen LogP contribution >= 0.6 is 0 Å². The molecule has 5 nitrogen and oxygen atoms in total. The number of benzene rings is 1. The molecule has 3 rings (SSSR count). The van der Waals surface area contributed by atoms with Gasteiger partial charge in [-0.25, -0.2) is 4.98 Å². The molecule has 0 saturated carbocycles. The third-order valence-corrected chi connectivity index (χ3v) is 3.80. The monoisotopic (exact) mass is 328 g/mol. The first-order valence-corrected chi connectivity index (χ1v) is 8.18. The number of nitrogens with zero attached hydrogens (tertiary/aromatic N) is 1. The Bertz CT molecular complexity index is 683. The predicted octanol–water partition coefficient (Wildman–Crippen LogP) is 3.11. The molecular weight excluding hydrogens is 304 g/mol. The van der Waals surface area contributed by atoms with Crippen molar-refractivity contribution in [3.05, 3.63) is 59.4 Å². The first-order valence-electron chi connectivity index (χ1n) is 8.18. The number of fused-ring (bicyclic) bond motifs is 1. The molecule has 0 saturated heterocycles. The summed E-state index contributed by atoms with van der Waals surface area (Å²) in [5.41, 5.74) is 2.26. The Morgan fingerprint density at radius 2 is 1.96 bits per heavy atom. The molecule has 5 heteroatoms. The fourth-order valence-electron chi connectivity index (χ4n) is 2.49. The average Bonchev–Trinajstić information content (AvgIpc) is 2.59. The van der Waals surface area contributed by atoms with E-state index in [0.717, 1.165) is 11.3 Å². The van der Waals surface area contributed by atoms with Crippen LogP contribution in [0.15, 0.2) is 42.5 Å². The molecule has 128 valence electrons. The van der Waals surface area contributed by atoms with Gasteiger partial charge in [-0.3, -0.25) is 0 Å². The smallest absolute Gasteiger partial charge is 0.227 e. The van der Waals surface area contributed by atoms with Gasteiger partial charge in [0, 0.05) is 17.6 Å². The molecule has 1 aliphatic heterocycles. The van der Waals surface area contributed by atoms with Gasteiger partial charge in [-0.1, -0.05) is 30.3 Å². The van der Waals surface area contributed by atoms with Crippen molar-refractivity contribution in [2.24, 2.45) is 0 Å². The van der Waals surface area contributed by atoms with Crippen molar-refractivity contribution in [1.29, 1.82) is 0 Å². The normalized spacial score (nSPS) is 18.6. The predicted molar refractivity (Wildman–Crippen MR) is 91.6 cm³/mol. The van der Waals surface area contributed by atoms with Crippen LogP contribution in [0.2, 0.25) is 0 Å². The maximum absolute atomic E-state index is 10.3. The summed E-state index contributed by atoms with van der Waals surface area (Å²) in [7, 11) is 0. The van der Waals surface area contributed by atoms with E-state index in [1.807, 2.05) is 36.4 Å². The molecule has 1 aromatic carbocycles. The molecule has 1 aliphatic rings. The van der Waals surface area contributed by atoms with E-state index in [1.165, 1.54) is 0 Å². The van der Waals surface area contributed by atoms with Crippen molar-refractivity contribution >= 4 is 0 Å². The molecule has 1 aromatic heterocycles. The van der Waals surface area contributed by atoms with Gasteiger partial charge in [0.25, 0.3) is 0 Å². The Labute approximate surface area is 142 Å². The van der Waals surface area contributed by atoms with Gasteiger partial charge in [-0.05, 0) is 32.9 Å². The number of pyridine rings is 1. The van der Waals surface area contributed by atoms with Crippen LogP contribution in [0, 0.1) is 0 Å². The van der Waals surface area contributed by atoms with Crippen LogP contribution in [-0.4, -0.2) is 22.2 Å². The van der Waals surface area contributed by atoms with Gasteiger partial charge in [0.15, 0.2) is 0 Å². The lowest BCUT2D eigenvalue weighted by Gasteiger charge is -2.27. The number of ether oxygens (including phenoxy) is 2. The summed E-state index contributed by atoms with van der Waals surface area (Å²) >= 11 is 0. The van der Waals surface area contributed by atoms with Gasteiger partial charge in [0.05, 0.1) is 12.3 Å². The molecular formula is C19H24N2O3. The van der Waals surface area contributed by atoms with E-state index < -0.39 is 12.4 Å². The van der Waals surface area contributed by atoms with Crippen LogP contribution in [0.5, 0.6) is 5.75 Å². The SMILES string of the molecule is CC(C)(C)NCC(O)c1ccc2c(n1)COC(c1ccccc1)O2. The van der Waals surface area contributed by atoms with Crippen molar-refractivity contribution in [2.75, 3.05) is 6.54 Å². The highest BCUT2D eigenvalue weighted by atomic mass is 16.7. The Morgan fingerprint density at radius 1 is 1.21 bits per heavy atom. The molecule has 0 bridgehead atoms. The van der Waals surface area contributed by atoms with Crippen LogP contribution in [0.4, 0.5) is 0 Å². The van der Waals surface area contributed by atoms with E-state index in [-0.39, 0.29) is 5.54 Å². The maximum Gasteiger partial charge on any atom is 0.227 e. The Hall–Kier alpha value is -1.95. The molecule has 0 spiro atoms. The van der Waals surface area contributed by atoms with Crippen molar-refractivity contribution in [3.8, 4) is 5.75 Å². The van der Waals surface area contributed by atoms with E-state index in [2.05, 4.69) is 31.1 Å². The second-order valence-electron chi connectivity index (χ2n) is 7.00. The lowest BCUT2D eigenvalue weighted by atomic mass is 10.1. The standard InChI is InChI=1S/C19H24N2O3/c1-19(2,3)20-11-16(22)14-9-10-17-15(21-14)12-23-18(24-17)13-7-5-4-6-8-13/h4-10,16,18,20,22H,11-12H2,1-3H3. The second kappa shape index (κ2) is 6.89. The zero-order valence-electron chi connectivity index (χ0n) is 14.3. The van der Waals surface area contributed by atoms with E-state index >= 15 is 0 Å². The average molecular weight is 328 g/mol. The first kappa shape index (κ1) is 16.9. The number of rotatable bonds is 4. The highest BCUT2D eigenvalue weighted by Crippen LogP contribution is 2.32. The van der Waals surface area contributed by atoms with Crippen molar-refractivity contribution in [1.82, 2.24) is 10.3 Å². The first-order chi connectivity index (χ1) is 11.4. The molecule has 2 unspecified atom stereocenters. The minimum atomic E-state index is -0.665. The highest BCUT2D eigenvalue weighted by molar-refractivity contribution is 5.32. The van der Waals surface area contributed by atoms with Crippen LogP contribution < -0.4 is 10.1 Å². The van der Waals surface area contributed by atoms with E-state index in [9.17, 15) is 5.11 Å². The van der Waals surface area contributed by atoms with E-state index in [1.54, 1.807) is 6.07 Å². The molecule has 24 heavy (non-hydrogen) atoms. The number of hydrogen-bond donors (Lipinski definition) is 2. The molecule has 0 amide bonds. The fraction of sp³-hybridized carbons (Fsp3) is 0.421. The van der Waals surface area contributed by atoms with Gasteiger partial charge in [-0.15, -0.1) is 0 Å². The second-order valence-corrected chi connectivity index (χ2v) is 7.00. The number of nitrogens with one attached hydrogen (secondary N) is 1.